The number of rotatable bonds is 7. The molecule has 0 fully saturated rings. The van der Waals surface area contributed by atoms with Crippen molar-refractivity contribution in [3.05, 3.63) is 83.9 Å². The molecule has 34 heavy (non-hydrogen) atoms. The quantitative estimate of drug-likeness (QED) is 0.301. The van der Waals surface area contributed by atoms with E-state index in [1.54, 1.807) is 49.8 Å². The van der Waals surface area contributed by atoms with Crippen LogP contribution in [0.3, 0.4) is 0 Å². The van der Waals surface area contributed by atoms with E-state index in [-0.39, 0.29) is 17.1 Å². The highest BCUT2D eigenvalue weighted by atomic mass is 32.2. The topological polar surface area (TPSA) is 94.8 Å². The van der Waals surface area contributed by atoms with Crippen molar-refractivity contribution < 1.29 is 22.7 Å². The number of hydrogen-bond donors (Lipinski definition) is 1. The molecule has 0 atom stereocenters. The summed E-state index contributed by atoms with van der Waals surface area (Å²) in [6.45, 7) is 0. The molecule has 0 saturated heterocycles. The fourth-order valence-corrected chi connectivity index (χ4v) is 3.76. The van der Waals surface area contributed by atoms with Crippen LogP contribution in [0.1, 0.15) is 21.7 Å². The Morgan fingerprint density at radius 3 is 2.35 bits per heavy atom. The van der Waals surface area contributed by atoms with Crippen LogP contribution in [-0.2, 0) is 11.9 Å². The van der Waals surface area contributed by atoms with Gasteiger partial charge in [-0.1, -0.05) is 17.0 Å². The average molecular weight is 486 g/mol. The van der Waals surface area contributed by atoms with E-state index in [2.05, 4.69) is 25.6 Å². The highest BCUT2D eigenvalue weighted by Gasteiger charge is 2.30. The van der Waals surface area contributed by atoms with E-state index in [4.69, 9.17) is 4.74 Å². The Bertz CT molecular complexity index is 1260. The maximum absolute atomic E-state index is 13.0. The number of benzene rings is 2. The van der Waals surface area contributed by atoms with Crippen molar-refractivity contribution in [3.63, 3.8) is 0 Å². The molecule has 12 heteroatoms. The highest BCUT2D eigenvalue weighted by molar-refractivity contribution is 7.98. The van der Waals surface area contributed by atoms with Crippen LogP contribution in [0.25, 0.3) is 5.69 Å². The largest absolute Gasteiger partial charge is 0.497 e. The zero-order valence-corrected chi connectivity index (χ0v) is 18.5. The number of ether oxygens (including phenoxy) is 1. The van der Waals surface area contributed by atoms with Gasteiger partial charge in [0.15, 0.2) is 10.9 Å². The van der Waals surface area contributed by atoms with Crippen molar-refractivity contribution in [1.82, 2.24) is 25.0 Å². The number of hydrogen-bond acceptors (Lipinski definition) is 7. The number of methoxy groups -OCH3 is 1. The first-order valence-electron chi connectivity index (χ1n) is 9.82. The van der Waals surface area contributed by atoms with Crippen molar-refractivity contribution in [1.29, 1.82) is 0 Å². The van der Waals surface area contributed by atoms with Crippen LogP contribution in [0.2, 0.25) is 0 Å². The minimum absolute atomic E-state index is 0.0270. The third kappa shape index (κ3) is 5.34. The molecule has 0 saturated carbocycles. The molecule has 0 radical (unpaired) electrons. The second kappa shape index (κ2) is 9.91. The van der Waals surface area contributed by atoms with Gasteiger partial charge in [-0.3, -0.25) is 4.79 Å². The third-order valence-electron chi connectivity index (χ3n) is 4.65. The maximum atomic E-state index is 13.0. The minimum atomic E-state index is -4.46. The summed E-state index contributed by atoms with van der Waals surface area (Å²) in [7, 11) is 1.55. The van der Waals surface area contributed by atoms with Crippen LogP contribution in [0.15, 0.2) is 72.1 Å². The Hall–Kier alpha value is -3.93. The van der Waals surface area contributed by atoms with Gasteiger partial charge >= 0.3 is 6.18 Å². The van der Waals surface area contributed by atoms with Gasteiger partial charge in [-0.15, -0.1) is 5.10 Å². The van der Waals surface area contributed by atoms with Crippen molar-refractivity contribution in [2.45, 2.75) is 17.1 Å². The number of thioether (sulfide) groups is 1. The molecule has 4 rings (SSSR count). The van der Waals surface area contributed by atoms with Gasteiger partial charge in [0.1, 0.15) is 5.75 Å². The lowest BCUT2D eigenvalue weighted by Gasteiger charge is -2.10. The van der Waals surface area contributed by atoms with Gasteiger partial charge in [-0.05, 0) is 54.6 Å². The van der Waals surface area contributed by atoms with E-state index in [0.29, 0.717) is 22.3 Å². The lowest BCUT2D eigenvalue weighted by atomic mass is 10.2. The van der Waals surface area contributed by atoms with Crippen LogP contribution >= 0.6 is 11.8 Å². The fourth-order valence-electron chi connectivity index (χ4n) is 2.96. The lowest BCUT2D eigenvalue weighted by Crippen LogP contribution is -2.15. The Morgan fingerprint density at radius 1 is 1.06 bits per heavy atom. The number of nitrogens with one attached hydrogen (secondary N) is 1. The normalized spacial score (nSPS) is 11.3. The summed E-state index contributed by atoms with van der Waals surface area (Å²) in [6, 6.07) is 12.9. The Balaban J connectivity index is 1.62. The van der Waals surface area contributed by atoms with Gasteiger partial charge in [0.05, 0.1) is 24.1 Å². The second-order valence-corrected chi connectivity index (χ2v) is 7.79. The van der Waals surface area contributed by atoms with Gasteiger partial charge < -0.3 is 10.1 Å². The predicted octanol–water partition coefficient (Wildman–Crippen LogP) is 4.63. The number of alkyl halides is 3. The van der Waals surface area contributed by atoms with Crippen LogP contribution in [-0.4, -0.2) is 38.0 Å². The van der Waals surface area contributed by atoms with Gasteiger partial charge in [-0.25, -0.2) is 14.6 Å². The van der Waals surface area contributed by atoms with Gasteiger partial charge in [0, 0.05) is 23.8 Å². The van der Waals surface area contributed by atoms with Crippen molar-refractivity contribution in [3.8, 4) is 11.4 Å². The van der Waals surface area contributed by atoms with Gasteiger partial charge in [-0.2, -0.15) is 13.2 Å². The summed E-state index contributed by atoms with van der Waals surface area (Å²) in [4.78, 5) is 21.3. The first-order chi connectivity index (χ1) is 16.3. The zero-order valence-electron chi connectivity index (χ0n) is 17.7. The smallest absolute Gasteiger partial charge is 0.416 e. The molecular formula is C22H17F3N6O2S. The van der Waals surface area contributed by atoms with Crippen LogP contribution in [0.5, 0.6) is 5.75 Å². The Morgan fingerprint density at radius 2 is 1.74 bits per heavy atom. The Kier molecular flexibility index (Phi) is 6.77. The zero-order chi connectivity index (χ0) is 24.1. The Labute approximate surface area is 196 Å². The summed E-state index contributed by atoms with van der Waals surface area (Å²) >= 11 is 1.28. The van der Waals surface area contributed by atoms with E-state index < -0.39 is 17.6 Å². The summed E-state index contributed by atoms with van der Waals surface area (Å²) in [5.74, 6) is 0.306. The van der Waals surface area contributed by atoms with E-state index in [0.717, 1.165) is 12.1 Å². The van der Waals surface area contributed by atoms with Crippen LogP contribution < -0.4 is 10.1 Å². The number of carbonyl (C=O) groups is 1. The van der Waals surface area contributed by atoms with Crippen molar-refractivity contribution >= 4 is 23.4 Å². The molecule has 0 bridgehead atoms. The average Bonchev–Trinajstić information content (AvgIpc) is 3.27. The molecule has 0 unspecified atom stereocenters. The van der Waals surface area contributed by atoms with Gasteiger partial charge in [0.2, 0.25) is 0 Å². The number of aromatic nitrogens is 5. The minimum Gasteiger partial charge on any atom is -0.497 e. The number of amides is 1. The fraction of sp³-hybridized carbons (Fsp3) is 0.136. The molecule has 174 valence electrons. The highest BCUT2D eigenvalue weighted by Crippen LogP contribution is 2.30. The monoisotopic (exact) mass is 486 g/mol. The van der Waals surface area contributed by atoms with E-state index in [9.17, 15) is 18.0 Å². The summed E-state index contributed by atoms with van der Waals surface area (Å²) in [5.41, 5.74) is 0.524. The SMILES string of the molecule is COc1ccc(-n2nnc(C(=O)Nc3ccc(C(F)(F)F)cc3)c2CSc2ncccn2)cc1. The van der Waals surface area contributed by atoms with E-state index >= 15 is 0 Å². The molecule has 1 amide bonds. The number of halogens is 3. The van der Waals surface area contributed by atoms with E-state index in [1.807, 2.05) is 0 Å². The molecule has 0 aliphatic heterocycles. The summed E-state index contributed by atoms with van der Waals surface area (Å²) < 4.78 is 45.1. The third-order valence-corrected chi connectivity index (χ3v) is 5.53. The number of anilines is 1. The van der Waals surface area contributed by atoms with Crippen LogP contribution in [0, 0.1) is 0 Å². The maximum Gasteiger partial charge on any atom is 0.416 e. The summed E-state index contributed by atoms with van der Waals surface area (Å²) in [6.07, 6.45) is -1.26. The lowest BCUT2D eigenvalue weighted by molar-refractivity contribution is -0.137. The molecule has 2 aromatic carbocycles. The first-order valence-corrected chi connectivity index (χ1v) is 10.8. The second-order valence-electron chi connectivity index (χ2n) is 6.84. The predicted molar refractivity (Wildman–Crippen MR) is 119 cm³/mol. The van der Waals surface area contributed by atoms with E-state index in [1.165, 1.54) is 28.6 Å². The number of nitrogens with zero attached hydrogens (tertiary/aromatic N) is 5. The molecule has 2 heterocycles. The molecule has 0 aliphatic rings. The van der Waals surface area contributed by atoms with Crippen molar-refractivity contribution in [2.24, 2.45) is 0 Å². The van der Waals surface area contributed by atoms with Crippen molar-refractivity contribution in [2.75, 3.05) is 12.4 Å². The van der Waals surface area contributed by atoms with Crippen LogP contribution in [0.4, 0.5) is 18.9 Å². The molecule has 8 nitrogen and oxygen atoms in total. The molecule has 0 aliphatic carbocycles. The molecule has 4 aromatic rings. The standard InChI is InChI=1S/C22H17F3N6O2S/c1-33-17-9-7-16(8-10-17)31-18(13-34-21-26-11-2-12-27-21)19(29-30-31)20(32)28-15-5-3-14(4-6-15)22(23,24)25/h2-12H,13H2,1H3,(H,28,32). The molecular weight excluding hydrogens is 469 g/mol. The molecule has 1 N–H and O–H groups in total. The van der Waals surface area contributed by atoms with Gasteiger partial charge in [0.25, 0.3) is 5.91 Å². The molecule has 0 spiro atoms. The molecule has 2 aromatic heterocycles. The summed E-state index contributed by atoms with van der Waals surface area (Å²) in [5, 5.41) is 11.2. The number of carbonyl (C=O) groups excluding carboxylic acids is 1. The first kappa shape index (κ1) is 23.2.